The van der Waals surface area contributed by atoms with E-state index in [2.05, 4.69) is 82.8 Å². The first-order chi connectivity index (χ1) is 16.8. The summed E-state index contributed by atoms with van der Waals surface area (Å²) in [4.78, 5) is 17.1. The number of benzene rings is 1. The molecule has 4 heterocycles. The summed E-state index contributed by atoms with van der Waals surface area (Å²) in [7, 11) is 1.97. The molecule has 1 atom stereocenters. The number of nitrogen functional groups attached to an aromatic ring is 1. The van der Waals surface area contributed by atoms with Crippen molar-refractivity contribution in [1.29, 1.82) is 0 Å². The SMILES string of the molecule is CN[C@H](C)c1cc(N2CCOc3ccc(-c4cnc5sc(N)nc5c4)cc3C2)[n+](C(C)C)c(C)n1. The van der Waals surface area contributed by atoms with Crippen LogP contribution in [-0.4, -0.2) is 35.2 Å². The van der Waals surface area contributed by atoms with Gasteiger partial charge in [-0.3, -0.25) is 4.90 Å². The Morgan fingerprint density at radius 1 is 1.14 bits per heavy atom. The Morgan fingerprint density at radius 3 is 2.74 bits per heavy atom. The van der Waals surface area contributed by atoms with E-state index in [1.165, 1.54) is 11.3 Å². The molecular formula is C26H32N7OS+. The molecule has 0 saturated heterocycles. The van der Waals surface area contributed by atoms with Crippen LogP contribution < -0.4 is 25.3 Å². The third kappa shape index (κ3) is 4.53. The summed E-state index contributed by atoms with van der Waals surface area (Å²) in [6.07, 6.45) is 1.89. The Balaban J connectivity index is 1.54. The van der Waals surface area contributed by atoms with Crippen LogP contribution in [0.5, 0.6) is 5.75 Å². The van der Waals surface area contributed by atoms with Gasteiger partial charge in [-0.25, -0.2) is 14.5 Å². The molecule has 0 saturated carbocycles. The minimum absolute atomic E-state index is 0.165. The highest BCUT2D eigenvalue weighted by atomic mass is 32.1. The molecule has 35 heavy (non-hydrogen) atoms. The maximum atomic E-state index is 6.17. The highest BCUT2D eigenvalue weighted by Gasteiger charge is 2.28. The minimum Gasteiger partial charge on any atom is -0.490 e. The number of hydrogen-bond acceptors (Lipinski definition) is 8. The lowest BCUT2D eigenvalue weighted by Crippen LogP contribution is -2.47. The van der Waals surface area contributed by atoms with Gasteiger partial charge in [-0.15, -0.1) is 4.98 Å². The number of nitrogens with zero attached hydrogens (tertiary/aromatic N) is 5. The van der Waals surface area contributed by atoms with Crippen LogP contribution in [0.3, 0.4) is 0 Å². The fourth-order valence-corrected chi connectivity index (χ4v) is 5.32. The molecular weight excluding hydrogens is 458 g/mol. The van der Waals surface area contributed by atoms with Crippen molar-refractivity contribution in [2.75, 3.05) is 30.8 Å². The minimum atomic E-state index is 0.165. The van der Waals surface area contributed by atoms with E-state index in [1.54, 1.807) is 0 Å². The molecule has 0 unspecified atom stereocenters. The van der Waals surface area contributed by atoms with Crippen molar-refractivity contribution < 1.29 is 9.30 Å². The van der Waals surface area contributed by atoms with Crippen molar-refractivity contribution in [3.8, 4) is 16.9 Å². The van der Waals surface area contributed by atoms with Gasteiger partial charge in [0.1, 0.15) is 28.4 Å². The Morgan fingerprint density at radius 2 is 1.97 bits per heavy atom. The highest BCUT2D eigenvalue weighted by molar-refractivity contribution is 7.21. The van der Waals surface area contributed by atoms with E-state index in [0.717, 1.165) is 63.2 Å². The van der Waals surface area contributed by atoms with E-state index in [4.69, 9.17) is 15.5 Å². The second-order valence-corrected chi connectivity index (χ2v) is 10.3. The van der Waals surface area contributed by atoms with Gasteiger partial charge in [-0.2, -0.15) is 0 Å². The summed E-state index contributed by atoms with van der Waals surface area (Å²) in [6, 6.07) is 11.1. The number of hydrogen-bond donors (Lipinski definition) is 2. The average molecular weight is 491 g/mol. The molecule has 0 aliphatic carbocycles. The van der Waals surface area contributed by atoms with Crippen LogP contribution in [0.25, 0.3) is 21.5 Å². The molecule has 9 heteroatoms. The molecule has 0 radical (unpaired) electrons. The van der Waals surface area contributed by atoms with Gasteiger partial charge < -0.3 is 15.8 Å². The number of ether oxygens (including phenoxy) is 1. The van der Waals surface area contributed by atoms with Crippen LogP contribution in [0.2, 0.25) is 0 Å². The smallest absolute Gasteiger partial charge is 0.235 e. The fourth-order valence-electron chi connectivity index (χ4n) is 4.66. The molecule has 8 nitrogen and oxygen atoms in total. The molecule has 0 bridgehead atoms. The number of nitrogens with one attached hydrogen (secondary N) is 1. The van der Waals surface area contributed by atoms with Gasteiger partial charge >= 0.3 is 0 Å². The van der Waals surface area contributed by atoms with E-state index >= 15 is 0 Å². The van der Waals surface area contributed by atoms with Crippen LogP contribution in [0.1, 0.15) is 49.9 Å². The Kier molecular flexibility index (Phi) is 6.29. The molecule has 0 amide bonds. The maximum Gasteiger partial charge on any atom is 0.235 e. The third-order valence-electron chi connectivity index (χ3n) is 6.52. The zero-order chi connectivity index (χ0) is 24.7. The van der Waals surface area contributed by atoms with E-state index < -0.39 is 0 Å². The molecule has 182 valence electrons. The van der Waals surface area contributed by atoms with Crippen LogP contribution in [-0.2, 0) is 6.54 Å². The van der Waals surface area contributed by atoms with E-state index in [9.17, 15) is 0 Å². The van der Waals surface area contributed by atoms with Crippen LogP contribution in [0.15, 0.2) is 36.5 Å². The van der Waals surface area contributed by atoms with Crippen LogP contribution in [0.4, 0.5) is 10.9 Å². The fraction of sp³-hybridized carbons (Fsp3) is 0.385. The largest absolute Gasteiger partial charge is 0.490 e. The van der Waals surface area contributed by atoms with Crippen LogP contribution in [0, 0.1) is 6.92 Å². The monoisotopic (exact) mass is 490 g/mol. The van der Waals surface area contributed by atoms with Crippen molar-refractivity contribution in [1.82, 2.24) is 20.3 Å². The number of aryl methyl sites for hydroxylation is 1. The van der Waals surface area contributed by atoms with Crippen LogP contribution >= 0.6 is 11.3 Å². The van der Waals surface area contributed by atoms with Crippen molar-refractivity contribution in [2.45, 2.75) is 46.3 Å². The van der Waals surface area contributed by atoms with Gasteiger partial charge in [0.25, 0.3) is 0 Å². The van der Waals surface area contributed by atoms with Gasteiger partial charge in [0, 0.05) is 24.2 Å². The molecule has 1 aromatic carbocycles. The number of pyridine rings is 1. The molecule has 4 aromatic rings. The summed E-state index contributed by atoms with van der Waals surface area (Å²) in [5, 5.41) is 3.86. The topological polar surface area (TPSA) is 93.1 Å². The predicted octanol–water partition coefficient (Wildman–Crippen LogP) is 4.19. The molecule has 5 rings (SSSR count). The van der Waals surface area contributed by atoms with Crippen molar-refractivity contribution in [3.05, 3.63) is 53.6 Å². The zero-order valence-corrected chi connectivity index (χ0v) is 21.7. The lowest BCUT2D eigenvalue weighted by molar-refractivity contribution is -0.713. The second kappa shape index (κ2) is 9.39. The van der Waals surface area contributed by atoms with Crippen molar-refractivity contribution in [3.63, 3.8) is 0 Å². The van der Waals surface area contributed by atoms with E-state index in [1.807, 2.05) is 13.2 Å². The standard InChI is InChI=1S/C26H32N7OS/c1-15(2)33-17(4)30-21(16(3)28-5)12-24(33)32-8-9-34-23-7-6-18(10-20(23)14-32)19-11-22-25(29-13-19)35-26(27)31-22/h6-7,10-13,15-16,28H,8-9,14H2,1-5H3,(H2,27,31)/q+1/t16-/m1/s1. The zero-order valence-electron chi connectivity index (χ0n) is 20.9. The Bertz CT molecular complexity index is 1380. The summed E-state index contributed by atoms with van der Waals surface area (Å²) in [6.45, 7) is 10.8. The quantitative estimate of drug-likeness (QED) is 0.405. The lowest BCUT2D eigenvalue weighted by atomic mass is 10.0. The second-order valence-electron chi connectivity index (χ2n) is 9.25. The number of anilines is 2. The average Bonchev–Trinajstić information content (AvgIpc) is 3.08. The van der Waals surface area contributed by atoms with E-state index in [-0.39, 0.29) is 12.1 Å². The molecule has 0 fully saturated rings. The molecule has 3 aromatic heterocycles. The van der Waals surface area contributed by atoms with E-state index in [0.29, 0.717) is 11.7 Å². The third-order valence-corrected chi connectivity index (χ3v) is 7.33. The summed E-state index contributed by atoms with van der Waals surface area (Å²) in [5.74, 6) is 3.09. The summed E-state index contributed by atoms with van der Waals surface area (Å²) < 4.78 is 8.48. The molecule has 1 aliphatic heterocycles. The molecule has 1 aliphatic rings. The van der Waals surface area contributed by atoms with Gasteiger partial charge in [0.15, 0.2) is 5.13 Å². The predicted molar refractivity (Wildman–Crippen MR) is 141 cm³/mol. The normalized spacial score (nSPS) is 14.6. The Labute approximate surface area is 209 Å². The van der Waals surface area contributed by atoms with Gasteiger partial charge in [-0.05, 0) is 51.6 Å². The number of aromatic nitrogens is 4. The summed E-state index contributed by atoms with van der Waals surface area (Å²) in [5.41, 5.74) is 11.0. The number of fused-ring (bicyclic) bond motifs is 2. The maximum absolute atomic E-state index is 6.17. The molecule has 0 spiro atoms. The number of nitrogens with two attached hydrogens (primary N) is 1. The first kappa shape index (κ1) is 23.4. The number of thiazole rings is 1. The van der Waals surface area contributed by atoms with Gasteiger partial charge in [0.05, 0.1) is 31.2 Å². The van der Waals surface area contributed by atoms with Crippen molar-refractivity contribution in [2.24, 2.45) is 0 Å². The van der Waals surface area contributed by atoms with Crippen molar-refractivity contribution >= 4 is 32.6 Å². The highest BCUT2D eigenvalue weighted by Crippen LogP contribution is 2.32. The Hall–Kier alpha value is -3.30. The lowest BCUT2D eigenvalue weighted by Gasteiger charge is -2.24. The van der Waals surface area contributed by atoms with Gasteiger partial charge in [-0.1, -0.05) is 17.4 Å². The first-order valence-electron chi connectivity index (χ1n) is 12.0. The first-order valence-corrected chi connectivity index (χ1v) is 12.8. The summed E-state index contributed by atoms with van der Waals surface area (Å²) >= 11 is 1.41. The van der Waals surface area contributed by atoms with Gasteiger partial charge in [0.2, 0.25) is 11.6 Å². The number of rotatable bonds is 5. The molecule has 3 N–H and O–H groups in total.